The molecule has 0 fully saturated rings. The van der Waals surface area contributed by atoms with Gasteiger partial charge in [-0.2, -0.15) is 26.3 Å². The molecule has 0 aliphatic carbocycles. The third-order valence-electron chi connectivity index (χ3n) is 2.37. The smallest absolute Gasteiger partial charge is 0.298 e. The Bertz CT molecular complexity index is 458. The molecular formula is C11H8F6O. The van der Waals surface area contributed by atoms with Gasteiger partial charge < -0.3 is 0 Å². The molecule has 0 aliphatic heterocycles. The van der Waals surface area contributed by atoms with Crippen molar-refractivity contribution in [1.29, 1.82) is 0 Å². The molecule has 0 amide bonds. The zero-order chi connectivity index (χ0) is 14.1. The maximum absolute atomic E-state index is 12.7. The van der Waals surface area contributed by atoms with Crippen LogP contribution in [0.4, 0.5) is 26.3 Å². The molecule has 0 bridgehead atoms. The predicted octanol–water partition coefficient (Wildman–Crippen LogP) is 4.10. The standard InChI is InChI=1S/C11H8F6O/c1-2-6-3-8(10(12,13)14)4-7(5-18)9(6)11(15,16)17/h3-5H,2H2,1H3. The lowest BCUT2D eigenvalue weighted by Gasteiger charge is -2.17. The number of hydrogen-bond acceptors (Lipinski definition) is 1. The van der Waals surface area contributed by atoms with Gasteiger partial charge in [-0.05, 0) is 24.1 Å². The Balaban J connectivity index is 3.60. The summed E-state index contributed by atoms with van der Waals surface area (Å²) in [5.74, 6) is 0. The van der Waals surface area contributed by atoms with Gasteiger partial charge in [0.05, 0.1) is 11.1 Å². The zero-order valence-electron chi connectivity index (χ0n) is 9.12. The molecule has 18 heavy (non-hydrogen) atoms. The summed E-state index contributed by atoms with van der Waals surface area (Å²) in [6.07, 6.45) is -10.1. The SMILES string of the molecule is CCc1cc(C(F)(F)F)cc(C=O)c1C(F)(F)F. The first-order valence-corrected chi connectivity index (χ1v) is 4.87. The Morgan fingerprint density at radius 1 is 1.06 bits per heavy atom. The van der Waals surface area contributed by atoms with E-state index in [2.05, 4.69) is 0 Å². The molecule has 0 aliphatic rings. The Kier molecular flexibility index (Phi) is 3.73. The Morgan fingerprint density at radius 3 is 1.94 bits per heavy atom. The van der Waals surface area contributed by atoms with E-state index in [4.69, 9.17) is 0 Å². The number of carbonyl (C=O) groups excluding carboxylic acids is 1. The number of carbonyl (C=O) groups is 1. The first-order chi connectivity index (χ1) is 8.11. The average Bonchev–Trinajstić information content (AvgIpc) is 2.24. The lowest BCUT2D eigenvalue weighted by atomic mass is 9.96. The van der Waals surface area contributed by atoms with E-state index < -0.39 is 34.6 Å². The van der Waals surface area contributed by atoms with Gasteiger partial charge in [-0.25, -0.2) is 0 Å². The number of rotatable bonds is 2. The molecule has 100 valence electrons. The fourth-order valence-electron chi connectivity index (χ4n) is 1.61. The van der Waals surface area contributed by atoms with Gasteiger partial charge in [0.15, 0.2) is 6.29 Å². The van der Waals surface area contributed by atoms with Crippen molar-refractivity contribution in [1.82, 2.24) is 0 Å². The second-order valence-corrected chi connectivity index (χ2v) is 3.57. The van der Waals surface area contributed by atoms with Gasteiger partial charge in [0.25, 0.3) is 0 Å². The Labute approximate surface area is 98.4 Å². The first-order valence-electron chi connectivity index (χ1n) is 4.87. The van der Waals surface area contributed by atoms with Gasteiger partial charge in [-0.15, -0.1) is 0 Å². The van der Waals surface area contributed by atoms with Crippen molar-refractivity contribution in [3.05, 3.63) is 34.4 Å². The molecule has 0 atom stereocenters. The topological polar surface area (TPSA) is 17.1 Å². The molecule has 0 unspecified atom stereocenters. The quantitative estimate of drug-likeness (QED) is 0.584. The van der Waals surface area contributed by atoms with Gasteiger partial charge in [-0.1, -0.05) is 6.92 Å². The summed E-state index contributed by atoms with van der Waals surface area (Å²) >= 11 is 0. The normalized spacial score (nSPS) is 12.6. The van der Waals surface area contributed by atoms with Crippen LogP contribution >= 0.6 is 0 Å². The second kappa shape index (κ2) is 4.62. The van der Waals surface area contributed by atoms with E-state index in [1.807, 2.05) is 0 Å². The number of aldehydes is 1. The van der Waals surface area contributed by atoms with Gasteiger partial charge >= 0.3 is 12.4 Å². The summed E-state index contributed by atoms with van der Waals surface area (Å²) < 4.78 is 75.4. The highest BCUT2D eigenvalue weighted by molar-refractivity contribution is 5.79. The van der Waals surface area contributed by atoms with Crippen molar-refractivity contribution in [2.75, 3.05) is 0 Å². The number of alkyl halides is 6. The molecule has 1 nitrogen and oxygen atoms in total. The molecular weight excluding hydrogens is 262 g/mol. The molecule has 0 saturated carbocycles. The minimum Gasteiger partial charge on any atom is -0.298 e. The highest BCUT2D eigenvalue weighted by Crippen LogP contribution is 2.38. The highest BCUT2D eigenvalue weighted by atomic mass is 19.4. The molecule has 7 heteroatoms. The van der Waals surface area contributed by atoms with E-state index in [-0.39, 0.29) is 18.8 Å². The van der Waals surface area contributed by atoms with E-state index >= 15 is 0 Å². The lowest BCUT2D eigenvalue weighted by Crippen LogP contribution is -2.16. The third-order valence-corrected chi connectivity index (χ3v) is 2.37. The summed E-state index contributed by atoms with van der Waals surface area (Å²) in [6.45, 7) is 1.29. The monoisotopic (exact) mass is 270 g/mol. The first kappa shape index (κ1) is 14.5. The second-order valence-electron chi connectivity index (χ2n) is 3.57. The molecule has 0 saturated heterocycles. The van der Waals surface area contributed by atoms with Crippen LogP contribution in [0, 0.1) is 0 Å². The minimum atomic E-state index is -4.86. The summed E-state index contributed by atoms with van der Waals surface area (Å²) in [5, 5.41) is 0. The van der Waals surface area contributed by atoms with Crippen LogP contribution in [-0.2, 0) is 18.8 Å². The number of halogens is 6. The van der Waals surface area contributed by atoms with Gasteiger partial charge in [-0.3, -0.25) is 4.79 Å². The molecule has 1 aromatic rings. The number of aryl methyl sites for hydroxylation is 1. The van der Waals surface area contributed by atoms with Crippen LogP contribution in [-0.4, -0.2) is 6.29 Å². The van der Waals surface area contributed by atoms with E-state index in [1.54, 1.807) is 0 Å². The van der Waals surface area contributed by atoms with Gasteiger partial charge in [0, 0.05) is 5.56 Å². The van der Waals surface area contributed by atoms with Crippen LogP contribution in [0.15, 0.2) is 12.1 Å². The van der Waals surface area contributed by atoms with Crippen LogP contribution in [0.3, 0.4) is 0 Å². The van der Waals surface area contributed by atoms with Crippen LogP contribution in [0.2, 0.25) is 0 Å². The molecule has 0 N–H and O–H groups in total. The Hall–Kier alpha value is -1.53. The highest BCUT2D eigenvalue weighted by Gasteiger charge is 2.39. The van der Waals surface area contributed by atoms with E-state index in [0.717, 1.165) is 0 Å². The zero-order valence-corrected chi connectivity index (χ0v) is 9.12. The number of benzene rings is 1. The molecule has 0 spiro atoms. The third kappa shape index (κ3) is 2.83. The Morgan fingerprint density at radius 2 is 1.61 bits per heavy atom. The summed E-state index contributed by atoms with van der Waals surface area (Å²) in [4.78, 5) is 10.6. The maximum Gasteiger partial charge on any atom is 0.417 e. The molecule has 1 aromatic carbocycles. The van der Waals surface area contributed by atoms with Crippen molar-refractivity contribution < 1.29 is 31.1 Å². The summed E-state index contributed by atoms with van der Waals surface area (Å²) in [5.41, 5.74) is -4.09. The predicted molar refractivity (Wildman–Crippen MR) is 51.2 cm³/mol. The average molecular weight is 270 g/mol. The fourth-order valence-corrected chi connectivity index (χ4v) is 1.61. The van der Waals surface area contributed by atoms with Crippen LogP contribution < -0.4 is 0 Å². The van der Waals surface area contributed by atoms with Crippen molar-refractivity contribution in [3.8, 4) is 0 Å². The summed E-state index contributed by atoms with van der Waals surface area (Å²) in [6, 6.07) is 0.644. The van der Waals surface area contributed by atoms with E-state index in [1.165, 1.54) is 6.92 Å². The van der Waals surface area contributed by atoms with Crippen LogP contribution in [0.5, 0.6) is 0 Å². The molecule has 1 rings (SSSR count). The number of hydrogen-bond donors (Lipinski definition) is 0. The van der Waals surface area contributed by atoms with Crippen LogP contribution in [0.25, 0.3) is 0 Å². The van der Waals surface area contributed by atoms with Gasteiger partial charge in [0.2, 0.25) is 0 Å². The van der Waals surface area contributed by atoms with Crippen molar-refractivity contribution in [2.24, 2.45) is 0 Å². The lowest BCUT2D eigenvalue weighted by molar-refractivity contribution is -0.142. The van der Waals surface area contributed by atoms with E-state index in [0.29, 0.717) is 6.07 Å². The molecule has 0 radical (unpaired) electrons. The largest absolute Gasteiger partial charge is 0.417 e. The minimum absolute atomic E-state index is 0.211. The molecule has 0 aromatic heterocycles. The van der Waals surface area contributed by atoms with Crippen LogP contribution in [0.1, 0.15) is 34.0 Å². The van der Waals surface area contributed by atoms with E-state index in [9.17, 15) is 31.1 Å². The fraction of sp³-hybridized carbons (Fsp3) is 0.364. The maximum atomic E-state index is 12.7. The van der Waals surface area contributed by atoms with Crippen molar-refractivity contribution in [2.45, 2.75) is 25.7 Å². The van der Waals surface area contributed by atoms with Gasteiger partial charge in [0.1, 0.15) is 0 Å². The molecule has 0 heterocycles. The van der Waals surface area contributed by atoms with Crippen molar-refractivity contribution >= 4 is 6.29 Å². The summed E-state index contributed by atoms with van der Waals surface area (Å²) in [7, 11) is 0. The van der Waals surface area contributed by atoms with Crippen molar-refractivity contribution in [3.63, 3.8) is 0 Å².